The lowest BCUT2D eigenvalue weighted by Gasteiger charge is -2.09. The summed E-state index contributed by atoms with van der Waals surface area (Å²) in [5.74, 6) is 0. The van der Waals surface area contributed by atoms with Crippen molar-refractivity contribution in [3.63, 3.8) is 0 Å². The molecule has 5 N–H and O–H groups in total. The molecular formula is C13H18N4S. The minimum atomic E-state index is 0.491. The fourth-order valence-electron chi connectivity index (χ4n) is 1.63. The summed E-state index contributed by atoms with van der Waals surface area (Å²) in [5, 5.41) is 8.80. The molecule has 2 rings (SSSR count). The molecule has 1 aliphatic rings. The predicted molar refractivity (Wildman–Crippen MR) is 79.7 cm³/mol. The fraction of sp³-hybridized carbons (Fsp3) is 0.308. The third-order valence-electron chi connectivity index (χ3n) is 2.86. The van der Waals surface area contributed by atoms with Crippen LogP contribution >= 0.6 is 11.9 Å². The van der Waals surface area contributed by atoms with Crippen LogP contribution in [0.4, 0.5) is 5.69 Å². The highest BCUT2D eigenvalue weighted by molar-refractivity contribution is 7.97. The fourth-order valence-corrected chi connectivity index (χ4v) is 2.13. The van der Waals surface area contributed by atoms with E-state index in [0.717, 1.165) is 21.7 Å². The summed E-state index contributed by atoms with van der Waals surface area (Å²) in [5.41, 5.74) is 8.65. The summed E-state index contributed by atoms with van der Waals surface area (Å²) < 4.78 is 0. The maximum atomic E-state index is 5.71. The molecule has 1 aliphatic carbocycles. The Balaban J connectivity index is 2.29. The van der Waals surface area contributed by atoms with Gasteiger partial charge in [-0.1, -0.05) is 6.07 Å². The van der Waals surface area contributed by atoms with E-state index in [9.17, 15) is 0 Å². The van der Waals surface area contributed by atoms with Crippen LogP contribution in [-0.4, -0.2) is 19.3 Å². The van der Waals surface area contributed by atoms with Crippen molar-refractivity contribution in [3.05, 3.63) is 30.0 Å². The Hall–Kier alpha value is -1.46. The highest BCUT2D eigenvalue weighted by atomic mass is 32.2. The normalized spacial score (nSPS) is 16.2. The Labute approximate surface area is 112 Å². The molecule has 0 saturated heterocycles. The molecule has 0 heterocycles. The Morgan fingerprint density at radius 2 is 2.28 bits per heavy atom. The maximum Gasteiger partial charge on any atom is 0.0501 e. The van der Waals surface area contributed by atoms with Crippen molar-refractivity contribution in [3.8, 4) is 0 Å². The Kier molecular flexibility index (Phi) is 4.28. The highest BCUT2D eigenvalue weighted by Gasteiger charge is 2.19. The zero-order chi connectivity index (χ0) is 13.0. The minimum absolute atomic E-state index is 0.491. The third-order valence-corrected chi connectivity index (χ3v) is 3.45. The van der Waals surface area contributed by atoms with E-state index in [1.54, 1.807) is 6.20 Å². The van der Waals surface area contributed by atoms with Crippen molar-refractivity contribution >= 4 is 29.4 Å². The molecule has 1 aromatic carbocycles. The van der Waals surface area contributed by atoms with Gasteiger partial charge in [-0.25, -0.2) is 0 Å². The van der Waals surface area contributed by atoms with E-state index in [0.29, 0.717) is 6.04 Å². The van der Waals surface area contributed by atoms with Gasteiger partial charge in [0.1, 0.15) is 0 Å². The van der Waals surface area contributed by atoms with Crippen LogP contribution < -0.4 is 16.2 Å². The van der Waals surface area contributed by atoms with Crippen LogP contribution in [0.3, 0.4) is 0 Å². The first-order valence-corrected chi connectivity index (χ1v) is 6.80. The zero-order valence-electron chi connectivity index (χ0n) is 10.4. The second-order valence-corrected chi connectivity index (χ2v) is 4.89. The number of hydrogen-bond acceptors (Lipinski definition) is 5. The molecule has 0 aliphatic heterocycles. The van der Waals surface area contributed by atoms with Crippen molar-refractivity contribution in [2.24, 2.45) is 15.9 Å². The van der Waals surface area contributed by atoms with Gasteiger partial charge in [-0.05, 0) is 42.5 Å². The molecule has 0 aromatic heterocycles. The SMILES string of the molecule is CNc1ccc(C(C=NC2CC2)=CN)c(SN)c1. The number of anilines is 1. The Morgan fingerprint density at radius 3 is 2.83 bits per heavy atom. The Bertz CT molecular complexity index is 478. The summed E-state index contributed by atoms with van der Waals surface area (Å²) in [6.07, 6.45) is 5.81. The molecule has 96 valence electrons. The summed E-state index contributed by atoms with van der Waals surface area (Å²) in [6, 6.07) is 6.52. The molecule has 4 nitrogen and oxygen atoms in total. The van der Waals surface area contributed by atoms with E-state index in [1.807, 2.05) is 31.5 Å². The van der Waals surface area contributed by atoms with Crippen molar-refractivity contribution in [1.82, 2.24) is 0 Å². The van der Waals surface area contributed by atoms with Crippen molar-refractivity contribution < 1.29 is 0 Å². The molecule has 1 fully saturated rings. The quantitative estimate of drug-likeness (QED) is 0.562. The summed E-state index contributed by atoms with van der Waals surface area (Å²) in [4.78, 5) is 5.45. The average Bonchev–Trinajstić information content (AvgIpc) is 3.23. The van der Waals surface area contributed by atoms with Gasteiger partial charge in [-0.3, -0.25) is 10.1 Å². The van der Waals surface area contributed by atoms with E-state index >= 15 is 0 Å². The molecule has 0 atom stereocenters. The smallest absolute Gasteiger partial charge is 0.0501 e. The first-order chi connectivity index (χ1) is 8.78. The lowest BCUT2D eigenvalue weighted by Crippen LogP contribution is -1.98. The van der Waals surface area contributed by atoms with E-state index < -0.39 is 0 Å². The summed E-state index contributed by atoms with van der Waals surface area (Å²) in [6.45, 7) is 0. The number of nitrogens with zero attached hydrogens (tertiary/aromatic N) is 1. The second kappa shape index (κ2) is 5.93. The van der Waals surface area contributed by atoms with Crippen LogP contribution in [-0.2, 0) is 0 Å². The van der Waals surface area contributed by atoms with Crippen molar-refractivity contribution in [2.75, 3.05) is 12.4 Å². The van der Waals surface area contributed by atoms with Gasteiger partial charge in [0.2, 0.25) is 0 Å². The Morgan fingerprint density at radius 1 is 1.50 bits per heavy atom. The van der Waals surface area contributed by atoms with E-state index in [1.165, 1.54) is 24.8 Å². The molecule has 18 heavy (non-hydrogen) atoms. The van der Waals surface area contributed by atoms with Crippen LogP contribution in [0, 0.1) is 0 Å². The topological polar surface area (TPSA) is 76.4 Å². The average molecular weight is 262 g/mol. The van der Waals surface area contributed by atoms with Crippen LogP contribution in [0.25, 0.3) is 5.57 Å². The molecule has 1 saturated carbocycles. The molecule has 0 radical (unpaired) electrons. The first kappa shape index (κ1) is 13.0. The number of rotatable bonds is 5. The third kappa shape index (κ3) is 3.05. The summed E-state index contributed by atoms with van der Waals surface area (Å²) >= 11 is 1.22. The van der Waals surface area contributed by atoms with Crippen molar-refractivity contribution in [1.29, 1.82) is 0 Å². The van der Waals surface area contributed by atoms with Crippen LogP contribution in [0.2, 0.25) is 0 Å². The molecule has 0 bridgehead atoms. The number of nitrogens with two attached hydrogens (primary N) is 2. The predicted octanol–water partition coefficient (Wildman–Crippen LogP) is 2.23. The summed E-state index contributed by atoms with van der Waals surface area (Å²) in [7, 11) is 1.88. The molecule has 0 amide bonds. The van der Waals surface area contributed by atoms with Crippen molar-refractivity contribution in [2.45, 2.75) is 23.8 Å². The van der Waals surface area contributed by atoms with E-state index in [2.05, 4.69) is 10.3 Å². The van der Waals surface area contributed by atoms with Gasteiger partial charge < -0.3 is 11.1 Å². The van der Waals surface area contributed by atoms with Gasteiger partial charge in [0.05, 0.1) is 6.04 Å². The monoisotopic (exact) mass is 262 g/mol. The number of benzene rings is 1. The molecule has 0 spiro atoms. The molecule has 5 heteroatoms. The number of nitrogens with one attached hydrogen (secondary N) is 1. The van der Waals surface area contributed by atoms with Gasteiger partial charge in [-0.15, -0.1) is 0 Å². The van der Waals surface area contributed by atoms with Crippen LogP contribution in [0.15, 0.2) is 34.3 Å². The zero-order valence-corrected chi connectivity index (χ0v) is 11.2. The van der Waals surface area contributed by atoms with E-state index in [-0.39, 0.29) is 0 Å². The molecule has 0 unspecified atom stereocenters. The van der Waals surface area contributed by atoms with Crippen LogP contribution in [0.1, 0.15) is 18.4 Å². The minimum Gasteiger partial charge on any atom is -0.404 e. The van der Waals surface area contributed by atoms with Gasteiger partial charge in [0.25, 0.3) is 0 Å². The molecule has 1 aromatic rings. The van der Waals surface area contributed by atoms with E-state index in [4.69, 9.17) is 10.9 Å². The van der Waals surface area contributed by atoms with Gasteiger partial charge in [0.15, 0.2) is 0 Å². The van der Waals surface area contributed by atoms with Gasteiger partial charge >= 0.3 is 0 Å². The van der Waals surface area contributed by atoms with Crippen LogP contribution in [0.5, 0.6) is 0 Å². The molecular weight excluding hydrogens is 244 g/mol. The largest absolute Gasteiger partial charge is 0.404 e. The standard InChI is InChI=1S/C13H18N4S/c1-16-11-4-5-12(13(6-11)18-15)9(7-14)8-17-10-2-3-10/h4-8,10,16H,2-3,14-15H2,1H3. The van der Waals surface area contributed by atoms with Gasteiger partial charge in [-0.2, -0.15) is 0 Å². The number of hydrogen-bond donors (Lipinski definition) is 3. The van der Waals surface area contributed by atoms with Gasteiger partial charge in [0, 0.05) is 35.6 Å². The number of allylic oxidation sites excluding steroid dienone is 1. The second-order valence-electron chi connectivity index (χ2n) is 4.21. The lowest BCUT2D eigenvalue weighted by molar-refractivity contribution is 1.08. The first-order valence-electron chi connectivity index (χ1n) is 5.92. The lowest BCUT2D eigenvalue weighted by atomic mass is 10.1. The number of aliphatic imine (C=N–C) groups is 1. The maximum absolute atomic E-state index is 5.71. The highest BCUT2D eigenvalue weighted by Crippen LogP contribution is 2.28.